The number of sulfonamides is 1. The molecule has 1 atom stereocenters. The molecule has 3 aromatic carbocycles. The lowest BCUT2D eigenvalue weighted by atomic mass is 9.88. The summed E-state index contributed by atoms with van der Waals surface area (Å²) in [5.74, 6) is -0.696. The Balaban J connectivity index is 1.40. The number of hydrogen-bond acceptors (Lipinski definition) is 3. The molecule has 0 saturated heterocycles. The van der Waals surface area contributed by atoms with Crippen molar-refractivity contribution in [3.63, 3.8) is 0 Å². The van der Waals surface area contributed by atoms with Crippen molar-refractivity contribution in [2.24, 2.45) is 0 Å². The molecule has 0 spiro atoms. The number of fused-ring (bicyclic) bond motifs is 1. The van der Waals surface area contributed by atoms with Gasteiger partial charge in [0.2, 0.25) is 0 Å². The zero-order valence-corrected chi connectivity index (χ0v) is 17.0. The maximum Gasteiger partial charge on any atom is 0.261 e. The van der Waals surface area contributed by atoms with Crippen molar-refractivity contribution in [2.45, 2.75) is 30.2 Å². The van der Waals surface area contributed by atoms with E-state index in [1.165, 1.54) is 35.4 Å². The minimum atomic E-state index is -3.83. The highest BCUT2D eigenvalue weighted by Crippen LogP contribution is 2.22. The second-order valence-corrected chi connectivity index (χ2v) is 9.00. The highest BCUT2D eigenvalue weighted by Gasteiger charge is 2.20. The number of nitrogens with one attached hydrogen (secondary N) is 2. The fraction of sp³-hybridized carbons (Fsp3) is 0.174. The van der Waals surface area contributed by atoms with E-state index in [1.807, 2.05) is 12.1 Å². The molecule has 0 bridgehead atoms. The molecule has 0 fully saturated rings. The fourth-order valence-electron chi connectivity index (χ4n) is 3.61. The summed E-state index contributed by atoms with van der Waals surface area (Å²) in [5.41, 5.74) is 3.38. The van der Waals surface area contributed by atoms with Crippen LogP contribution in [-0.2, 0) is 22.9 Å². The third kappa shape index (κ3) is 4.52. The number of carbonyl (C=O) groups excluding carboxylic acids is 1. The average molecular weight is 424 g/mol. The van der Waals surface area contributed by atoms with Gasteiger partial charge in [0.05, 0.1) is 4.90 Å². The maximum atomic E-state index is 13.0. The van der Waals surface area contributed by atoms with Crippen molar-refractivity contribution in [1.82, 2.24) is 5.32 Å². The van der Waals surface area contributed by atoms with Gasteiger partial charge >= 0.3 is 0 Å². The Morgan fingerprint density at radius 3 is 2.27 bits per heavy atom. The topological polar surface area (TPSA) is 75.3 Å². The van der Waals surface area contributed by atoms with Crippen LogP contribution in [0.2, 0.25) is 0 Å². The predicted octanol–water partition coefficient (Wildman–Crippen LogP) is 3.91. The van der Waals surface area contributed by atoms with Crippen LogP contribution in [0.3, 0.4) is 0 Å². The third-order valence-corrected chi connectivity index (χ3v) is 6.60. The van der Waals surface area contributed by atoms with Gasteiger partial charge < -0.3 is 5.32 Å². The van der Waals surface area contributed by atoms with Crippen molar-refractivity contribution in [3.05, 3.63) is 95.3 Å². The number of carbonyl (C=O) groups is 1. The first-order valence-electron chi connectivity index (χ1n) is 9.67. The lowest BCUT2D eigenvalue weighted by Gasteiger charge is -2.25. The van der Waals surface area contributed by atoms with Gasteiger partial charge in [-0.2, -0.15) is 0 Å². The average Bonchev–Trinajstić information content (AvgIpc) is 2.74. The minimum absolute atomic E-state index is 0.0386. The van der Waals surface area contributed by atoms with Crippen LogP contribution in [0.4, 0.5) is 10.1 Å². The number of halogens is 1. The Hall–Kier alpha value is -3.19. The molecular weight excluding hydrogens is 403 g/mol. The van der Waals surface area contributed by atoms with Crippen LogP contribution in [-0.4, -0.2) is 20.4 Å². The van der Waals surface area contributed by atoms with Gasteiger partial charge in [-0.15, -0.1) is 0 Å². The van der Waals surface area contributed by atoms with E-state index in [0.717, 1.165) is 31.4 Å². The summed E-state index contributed by atoms with van der Waals surface area (Å²) in [7, 11) is -3.83. The molecule has 0 aliphatic heterocycles. The highest BCUT2D eigenvalue weighted by molar-refractivity contribution is 7.92. The third-order valence-electron chi connectivity index (χ3n) is 5.21. The Labute approximate surface area is 175 Å². The van der Waals surface area contributed by atoms with E-state index in [4.69, 9.17) is 0 Å². The Morgan fingerprint density at radius 2 is 1.57 bits per heavy atom. The van der Waals surface area contributed by atoms with E-state index in [0.29, 0.717) is 11.3 Å². The first kappa shape index (κ1) is 20.1. The van der Waals surface area contributed by atoms with Crippen LogP contribution in [0.1, 0.15) is 27.9 Å². The largest absolute Gasteiger partial charge is 0.349 e. The van der Waals surface area contributed by atoms with Gasteiger partial charge in [-0.25, -0.2) is 12.8 Å². The number of anilines is 1. The number of rotatable bonds is 5. The first-order valence-corrected chi connectivity index (χ1v) is 11.2. The summed E-state index contributed by atoms with van der Waals surface area (Å²) in [4.78, 5) is 12.6. The van der Waals surface area contributed by atoms with Crippen molar-refractivity contribution in [1.29, 1.82) is 0 Å². The molecule has 0 heterocycles. The second kappa shape index (κ2) is 8.28. The quantitative estimate of drug-likeness (QED) is 0.652. The summed E-state index contributed by atoms with van der Waals surface area (Å²) in [6.45, 7) is 0. The molecule has 5 nitrogen and oxygen atoms in total. The molecule has 4 rings (SSSR count). The van der Waals surface area contributed by atoms with Crippen molar-refractivity contribution in [3.8, 4) is 0 Å². The van der Waals surface area contributed by atoms with E-state index in [2.05, 4.69) is 22.2 Å². The zero-order chi connectivity index (χ0) is 21.1. The summed E-state index contributed by atoms with van der Waals surface area (Å²) in [6, 6.07) is 19.1. The summed E-state index contributed by atoms with van der Waals surface area (Å²) < 4.78 is 40.2. The lowest BCUT2D eigenvalue weighted by Crippen LogP contribution is -2.38. The molecule has 0 radical (unpaired) electrons. The lowest BCUT2D eigenvalue weighted by molar-refractivity contribution is 0.0933. The van der Waals surface area contributed by atoms with Gasteiger partial charge in [0.25, 0.3) is 15.9 Å². The van der Waals surface area contributed by atoms with E-state index in [-0.39, 0.29) is 16.8 Å². The molecule has 1 aliphatic carbocycles. The molecule has 1 unspecified atom stereocenters. The van der Waals surface area contributed by atoms with E-state index in [1.54, 1.807) is 12.1 Å². The molecule has 30 heavy (non-hydrogen) atoms. The van der Waals surface area contributed by atoms with Gasteiger partial charge in [0, 0.05) is 17.3 Å². The highest BCUT2D eigenvalue weighted by atomic mass is 32.2. The number of aryl methyl sites for hydroxylation is 1. The minimum Gasteiger partial charge on any atom is -0.349 e. The zero-order valence-electron chi connectivity index (χ0n) is 16.1. The molecule has 1 aliphatic rings. The predicted molar refractivity (Wildman–Crippen MR) is 113 cm³/mol. The van der Waals surface area contributed by atoms with Crippen molar-refractivity contribution < 1.29 is 17.6 Å². The number of amides is 1. The van der Waals surface area contributed by atoms with Crippen LogP contribution in [0.25, 0.3) is 0 Å². The number of hydrogen-bond donors (Lipinski definition) is 2. The molecule has 154 valence electrons. The van der Waals surface area contributed by atoms with Gasteiger partial charge in [0.15, 0.2) is 0 Å². The van der Waals surface area contributed by atoms with Crippen molar-refractivity contribution >= 4 is 21.6 Å². The molecule has 7 heteroatoms. The van der Waals surface area contributed by atoms with Gasteiger partial charge in [-0.05, 0) is 78.9 Å². The van der Waals surface area contributed by atoms with Crippen molar-refractivity contribution in [2.75, 3.05) is 4.72 Å². The molecule has 3 aromatic rings. The standard InChI is InChI=1S/C23H21FN2O3S/c24-19-8-13-22(14-9-19)30(28,29)26-20-10-6-17(7-11-20)23(27)25-21-12-5-16-3-1-2-4-18(16)15-21/h1-4,6-11,13-14,21,26H,5,12,15H2,(H,25,27). The Bertz CT molecular complexity index is 1160. The van der Waals surface area contributed by atoms with Crippen LogP contribution in [0.15, 0.2) is 77.7 Å². The summed E-state index contributed by atoms with van der Waals surface area (Å²) in [5, 5.41) is 3.06. The van der Waals surface area contributed by atoms with E-state index < -0.39 is 15.8 Å². The molecule has 1 amide bonds. The normalized spacial score (nSPS) is 15.8. The van der Waals surface area contributed by atoms with Crippen LogP contribution < -0.4 is 10.0 Å². The monoisotopic (exact) mass is 424 g/mol. The van der Waals surface area contributed by atoms with Crippen LogP contribution in [0, 0.1) is 5.82 Å². The second-order valence-electron chi connectivity index (χ2n) is 7.32. The fourth-order valence-corrected chi connectivity index (χ4v) is 4.67. The van der Waals surface area contributed by atoms with E-state index >= 15 is 0 Å². The molecular formula is C23H21FN2O3S. The molecule has 0 aromatic heterocycles. The van der Waals surface area contributed by atoms with Gasteiger partial charge in [-0.1, -0.05) is 24.3 Å². The Morgan fingerprint density at radius 1 is 0.900 bits per heavy atom. The van der Waals surface area contributed by atoms with Crippen LogP contribution >= 0.6 is 0 Å². The smallest absolute Gasteiger partial charge is 0.261 e. The maximum absolute atomic E-state index is 13.0. The van der Waals surface area contributed by atoms with Crippen LogP contribution in [0.5, 0.6) is 0 Å². The van der Waals surface area contributed by atoms with Gasteiger partial charge in [-0.3, -0.25) is 9.52 Å². The summed E-state index contributed by atoms with van der Waals surface area (Å²) in [6.07, 6.45) is 2.63. The Kier molecular flexibility index (Phi) is 5.55. The summed E-state index contributed by atoms with van der Waals surface area (Å²) >= 11 is 0. The first-order chi connectivity index (χ1) is 14.4. The van der Waals surface area contributed by atoms with E-state index in [9.17, 15) is 17.6 Å². The molecule has 0 saturated carbocycles. The molecule has 2 N–H and O–H groups in total. The van der Waals surface area contributed by atoms with Gasteiger partial charge in [0.1, 0.15) is 5.82 Å². The SMILES string of the molecule is O=C(NC1CCc2ccccc2C1)c1ccc(NS(=O)(=O)c2ccc(F)cc2)cc1. The number of benzene rings is 3.